The lowest BCUT2D eigenvalue weighted by molar-refractivity contribution is -0.172. The molecule has 1 aromatic rings. The summed E-state index contributed by atoms with van der Waals surface area (Å²) < 4.78 is 3.61. The molecule has 0 spiro atoms. The average Bonchev–Trinajstić information content (AvgIpc) is 2.47. The van der Waals surface area contributed by atoms with Crippen molar-refractivity contribution in [2.75, 3.05) is 0 Å². The van der Waals surface area contributed by atoms with Crippen LogP contribution in [0.2, 0.25) is 0 Å². The Kier molecular flexibility index (Phi) is 5.29. The molecule has 1 N–H and O–H groups in total. The lowest BCUT2D eigenvalue weighted by Gasteiger charge is -2.41. The van der Waals surface area contributed by atoms with Crippen molar-refractivity contribution in [2.24, 2.45) is 5.92 Å². The second-order valence-corrected chi connectivity index (χ2v) is 7.58. The monoisotopic (exact) mass is 359 g/mol. The zero-order valence-electron chi connectivity index (χ0n) is 12.0. The first-order valence-corrected chi connectivity index (χ1v) is 8.13. The maximum absolute atomic E-state index is 10.7. The Labute approximate surface area is 145 Å². The van der Waals surface area contributed by atoms with Gasteiger partial charge in [0.1, 0.15) is 5.76 Å². The molecule has 1 heterocycles. The third kappa shape index (κ3) is 3.36. The van der Waals surface area contributed by atoms with Gasteiger partial charge in [0.05, 0.1) is 11.6 Å². The molecule has 118 valence electrons. The number of aliphatic hydroxyl groups is 1. The van der Waals surface area contributed by atoms with Gasteiger partial charge in [-0.3, -0.25) is 0 Å². The minimum Gasteiger partial charge on any atom is -0.456 e. The van der Waals surface area contributed by atoms with Crippen LogP contribution in [0.1, 0.15) is 31.7 Å². The van der Waals surface area contributed by atoms with E-state index in [1.165, 1.54) is 0 Å². The van der Waals surface area contributed by atoms with Gasteiger partial charge in [-0.1, -0.05) is 78.5 Å². The van der Waals surface area contributed by atoms with Gasteiger partial charge < -0.3 is 9.84 Å². The number of benzene rings is 1. The van der Waals surface area contributed by atoms with Crippen molar-refractivity contribution < 1.29 is 9.84 Å². The molecule has 0 fully saturated rings. The maximum Gasteiger partial charge on any atom is 0.256 e. The summed E-state index contributed by atoms with van der Waals surface area (Å²) in [7, 11) is 0. The van der Waals surface area contributed by atoms with Gasteiger partial charge in [0.15, 0.2) is 0 Å². The first-order valence-electron chi connectivity index (χ1n) is 7.00. The first kappa shape index (κ1) is 17.4. The van der Waals surface area contributed by atoms with Crippen molar-refractivity contribution in [3.63, 3.8) is 0 Å². The zero-order valence-corrected chi connectivity index (χ0v) is 14.3. The number of hydrogen-bond acceptors (Lipinski definition) is 3. The fourth-order valence-electron chi connectivity index (χ4n) is 2.60. The normalized spacial score (nSPS) is 25.5. The van der Waals surface area contributed by atoms with Gasteiger partial charge in [-0.15, -0.1) is 0 Å². The molecule has 2 atom stereocenters. The average molecular weight is 361 g/mol. The number of allylic oxidation sites excluding steroid dienone is 1. The fourth-order valence-corrected chi connectivity index (χ4v) is 2.95. The van der Waals surface area contributed by atoms with Crippen LogP contribution in [-0.4, -0.2) is 14.7 Å². The summed E-state index contributed by atoms with van der Waals surface area (Å²) in [4.78, 5) is 0. The number of ether oxygens (including phenoxy) is 1. The Morgan fingerprint density at radius 2 is 2.00 bits per heavy atom. The number of rotatable bonds is 3. The Hall–Kier alpha value is -0.920. The van der Waals surface area contributed by atoms with Gasteiger partial charge in [0.2, 0.25) is 0 Å². The molecule has 0 amide bonds. The lowest BCUT2D eigenvalue weighted by atomic mass is 9.84. The van der Waals surface area contributed by atoms with Crippen molar-refractivity contribution in [3.8, 4) is 6.07 Å². The summed E-state index contributed by atoms with van der Waals surface area (Å²) in [5.41, 5.74) is 1.15. The molecular formula is C16H16Cl3NO2. The summed E-state index contributed by atoms with van der Waals surface area (Å²) >= 11 is 17.7. The van der Waals surface area contributed by atoms with Crippen molar-refractivity contribution in [3.05, 3.63) is 41.5 Å². The van der Waals surface area contributed by atoms with E-state index in [9.17, 15) is 10.4 Å². The smallest absolute Gasteiger partial charge is 0.256 e. The maximum atomic E-state index is 10.7. The standard InChI is InChI=1S/C16H16Cl3NO2/c1-2-6-12-9-15(21,16(17,18)19)22-14(13(12)10-20)11-7-4-3-5-8-11/h3-5,7-8,12,21H,2,6,9H2,1H3/t12-,15-/m0/s1. The molecule has 3 nitrogen and oxygen atoms in total. The molecule has 0 aromatic heterocycles. The summed E-state index contributed by atoms with van der Waals surface area (Å²) in [5.74, 6) is -1.91. The van der Waals surface area contributed by atoms with E-state index in [1.54, 1.807) is 12.1 Å². The molecular weight excluding hydrogens is 345 g/mol. The second-order valence-electron chi connectivity index (χ2n) is 5.29. The van der Waals surface area contributed by atoms with Crippen LogP contribution in [0.3, 0.4) is 0 Å². The van der Waals surface area contributed by atoms with Crippen LogP contribution < -0.4 is 0 Å². The Morgan fingerprint density at radius 3 is 2.50 bits per heavy atom. The van der Waals surface area contributed by atoms with Gasteiger partial charge in [-0.2, -0.15) is 5.26 Å². The number of alkyl halides is 3. The van der Waals surface area contributed by atoms with Crippen LogP contribution in [0.15, 0.2) is 35.9 Å². The Morgan fingerprint density at radius 1 is 1.36 bits per heavy atom. The molecule has 0 saturated heterocycles. The van der Waals surface area contributed by atoms with E-state index >= 15 is 0 Å². The van der Waals surface area contributed by atoms with Crippen LogP contribution >= 0.6 is 34.8 Å². The molecule has 0 bridgehead atoms. The quantitative estimate of drug-likeness (QED) is 0.786. The zero-order chi connectivity index (χ0) is 16.4. The van der Waals surface area contributed by atoms with Crippen molar-refractivity contribution >= 4 is 40.6 Å². The van der Waals surface area contributed by atoms with Gasteiger partial charge >= 0.3 is 0 Å². The molecule has 0 radical (unpaired) electrons. The Bertz CT molecular complexity index is 604. The van der Waals surface area contributed by atoms with Gasteiger partial charge in [0.25, 0.3) is 9.58 Å². The van der Waals surface area contributed by atoms with E-state index in [4.69, 9.17) is 39.5 Å². The Balaban J connectivity index is 2.56. The van der Waals surface area contributed by atoms with Crippen molar-refractivity contribution in [2.45, 2.75) is 35.8 Å². The van der Waals surface area contributed by atoms with E-state index in [0.717, 1.165) is 6.42 Å². The highest BCUT2D eigenvalue weighted by atomic mass is 35.6. The number of hydrogen-bond donors (Lipinski definition) is 1. The molecule has 1 aliphatic rings. The van der Waals surface area contributed by atoms with Crippen LogP contribution in [0.25, 0.3) is 5.76 Å². The van der Waals surface area contributed by atoms with E-state index < -0.39 is 9.58 Å². The number of halogens is 3. The highest BCUT2D eigenvalue weighted by Crippen LogP contribution is 2.50. The highest BCUT2D eigenvalue weighted by Gasteiger charge is 2.54. The number of nitrogens with zero attached hydrogens (tertiary/aromatic N) is 1. The molecule has 22 heavy (non-hydrogen) atoms. The van der Waals surface area contributed by atoms with E-state index in [1.807, 2.05) is 25.1 Å². The molecule has 0 aliphatic carbocycles. The van der Waals surface area contributed by atoms with Crippen LogP contribution in [0.5, 0.6) is 0 Å². The fraction of sp³-hybridized carbons (Fsp3) is 0.438. The lowest BCUT2D eigenvalue weighted by Crippen LogP contribution is -2.49. The van der Waals surface area contributed by atoms with E-state index in [2.05, 4.69) is 6.07 Å². The van der Waals surface area contributed by atoms with Gasteiger partial charge in [-0.25, -0.2) is 0 Å². The molecule has 1 aromatic carbocycles. The topological polar surface area (TPSA) is 53.2 Å². The predicted octanol–water partition coefficient (Wildman–Crippen LogP) is 4.82. The van der Waals surface area contributed by atoms with Crippen molar-refractivity contribution in [1.29, 1.82) is 5.26 Å². The third-order valence-electron chi connectivity index (χ3n) is 3.68. The first-order chi connectivity index (χ1) is 10.3. The summed E-state index contributed by atoms with van der Waals surface area (Å²) in [6.45, 7) is 2.00. The molecule has 0 unspecified atom stereocenters. The van der Waals surface area contributed by atoms with E-state index in [0.29, 0.717) is 17.6 Å². The third-order valence-corrected chi connectivity index (χ3v) is 4.57. The molecule has 6 heteroatoms. The van der Waals surface area contributed by atoms with Crippen LogP contribution in [-0.2, 0) is 4.74 Å². The largest absolute Gasteiger partial charge is 0.456 e. The highest BCUT2D eigenvalue weighted by molar-refractivity contribution is 6.68. The second kappa shape index (κ2) is 6.68. The predicted molar refractivity (Wildman–Crippen MR) is 88.3 cm³/mol. The molecule has 2 rings (SSSR count). The minimum atomic E-state index is -2.01. The summed E-state index contributed by atoms with van der Waals surface area (Å²) in [6.07, 6.45) is 1.61. The minimum absolute atomic E-state index is 0.0660. The molecule has 0 saturated carbocycles. The molecule has 1 aliphatic heterocycles. The van der Waals surface area contributed by atoms with Crippen LogP contribution in [0, 0.1) is 17.2 Å². The number of nitriles is 1. The summed E-state index contributed by atoms with van der Waals surface area (Å²) in [6, 6.07) is 11.3. The van der Waals surface area contributed by atoms with Gasteiger partial charge in [0, 0.05) is 17.9 Å². The SMILES string of the molecule is CCC[C@H]1C[C@@](O)(C(Cl)(Cl)Cl)OC(c2ccccc2)=C1C#N. The van der Waals surface area contributed by atoms with Crippen molar-refractivity contribution in [1.82, 2.24) is 0 Å². The van der Waals surface area contributed by atoms with E-state index in [-0.39, 0.29) is 18.1 Å². The summed E-state index contributed by atoms with van der Waals surface area (Å²) in [5, 5.41) is 20.2. The van der Waals surface area contributed by atoms with Gasteiger partial charge in [-0.05, 0) is 6.42 Å². The van der Waals surface area contributed by atoms with Crippen LogP contribution in [0.4, 0.5) is 0 Å².